The van der Waals surface area contributed by atoms with E-state index in [1.807, 2.05) is 30.3 Å². The van der Waals surface area contributed by atoms with E-state index in [4.69, 9.17) is 27.4 Å². The Hall–Kier alpha value is -2.07. The van der Waals surface area contributed by atoms with Gasteiger partial charge in [0.05, 0.1) is 5.56 Å². The molecule has 0 saturated carbocycles. The second-order valence-electron chi connectivity index (χ2n) is 5.73. The van der Waals surface area contributed by atoms with E-state index in [0.717, 1.165) is 11.3 Å². The zero-order valence-electron chi connectivity index (χ0n) is 13.8. The lowest BCUT2D eigenvalue weighted by Crippen LogP contribution is -2.14. The van der Waals surface area contributed by atoms with E-state index >= 15 is 0 Å². The van der Waals surface area contributed by atoms with Gasteiger partial charge in [-0.25, -0.2) is 0 Å². The molecule has 2 aromatic carbocycles. The van der Waals surface area contributed by atoms with Crippen LogP contribution in [0.15, 0.2) is 42.5 Å². The Balaban J connectivity index is 1.89. The molecule has 0 aliphatic rings. The predicted molar refractivity (Wildman–Crippen MR) is 98.6 cm³/mol. The summed E-state index contributed by atoms with van der Waals surface area (Å²) in [5, 5.41) is 0. The van der Waals surface area contributed by atoms with Gasteiger partial charge in [0.25, 0.3) is 0 Å². The van der Waals surface area contributed by atoms with Crippen LogP contribution in [0, 0.1) is 6.92 Å². The minimum absolute atomic E-state index is 0.335. The van der Waals surface area contributed by atoms with Gasteiger partial charge in [-0.15, -0.1) is 0 Å². The standard InChI is InChI=1S/C19H23NO2S/c1-13(2)16-9-8-15(12-14(16)3)21-10-11-22-18-7-5-4-6-17(18)19(20)23/h4-9,12-13H,10-11H2,1-3H3,(H2,20,23). The lowest BCUT2D eigenvalue weighted by Gasteiger charge is -2.13. The van der Waals surface area contributed by atoms with Gasteiger partial charge in [-0.2, -0.15) is 0 Å². The fraction of sp³-hybridized carbons (Fsp3) is 0.316. The molecular weight excluding hydrogens is 306 g/mol. The third kappa shape index (κ3) is 4.70. The number of hydrogen-bond donors (Lipinski definition) is 1. The van der Waals surface area contributed by atoms with Crippen LogP contribution in [0.5, 0.6) is 11.5 Å². The molecule has 0 aromatic heterocycles. The van der Waals surface area contributed by atoms with Crippen molar-refractivity contribution < 1.29 is 9.47 Å². The Morgan fingerprint density at radius 2 is 1.78 bits per heavy atom. The zero-order valence-corrected chi connectivity index (χ0v) is 14.7. The number of nitrogens with two attached hydrogens (primary N) is 1. The molecule has 0 fully saturated rings. The summed E-state index contributed by atoms with van der Waals surface area (Å²) in [5.74, 6) is 2.07. The molecule has 3 nitrogen and oxygen atoms in total. The van der Waals surface area contributed by atoms with Crippen molar-refractivity contribution in [3.05, 3.63) is 59.2 Å². The highest BCUT2D eigenvalue weighted by atomic mass is 32.1. The minimum Gasteiger partial charge on any atom is -0.490 e. The van der Waals surface area contributed by atoms with Crippen molar-refractivity contribution in [2.45, 2.75) is 26.7 Å². The first-order valence-corrected chi connectivity index (χ1v) is 8.15. The van der Waals surface area contributed by atoms with Gasteiger partial charge in [0, 0.05) is 0 Å². The van der Waals surface area contributed by atoms with Gasteiger partial charge in [0.2, 0.25) is 0 Å². The molecular formula is C19H23NO2S. The van der Waals surface area contributed by atoms with Gasteiger partial charge < -0.3 is 15.2 Å². The topological polar surface area (TPSA) is 44.5 Å². The number of thiocarbonyl (C=S) groups is 1. The van der Waals surface area contributed by atoms with Gasteiger partial charge in [-0.1, -0.05) is 44.3 Å². The maximum atomic E-state index is 5.75. The highest BCUT2D eigenvalue weighted by Gasteiger charge is 2.06. The highest BCUT2D eigenvalue weighted by Crippen LogP contribution is 2.23. The first-order chi connectivity index (χ1) is 11.0. The Morgan fingerprint density at radius 1 is 1.09 bits per heavy atom. The van der Waals surface area contributed by atoms with E-state index in [9.17, 15) is 0 Å². The average molecular weight is 329 g/mol. The Bertz CT molecular complexity index is 683. The van der Waals surface area contributed by atoms with Crippen LogP contribution in [0.3, 0.4) is 0 Å². The molecule has 0 atom stereocenters. The normalized spacial score (nSPS) is 10.6. The van der Waals surface area contributed by atoms with E-state index in [1.54, 1.807) is 0 Å². The summed E-state index contributed by atoms with van der Waals surface area (Å²) in [5.41, 5.74) is 9.03. The zero-order chi connectivity index (χ0) is 16.8. The molecule has 0 radical (unpaired) electrons. The quantitative estimate of drug-likeness (QED) is 0.610. The third-order valence-electron chi connectivity index (χ3n) is 3.63. The second-order valence-corrected chi connectivity index (χ2v) is 6.17. The van der Waals surface area contributed by atoms with Crippen LogP contribution in [0.1, 0.15) is 36.5 Å². The summed E-state index contributed by atoms with van der Waals surface area (Å²) in [4.78, 5) is 0.335. The molecule has 122 valence electrons. The number of para-hydroxylation sites is 1. The molecule has 23 heavy (non-hydrogen) atoms. The molecule has 2 rings (SSSR count). The molecule has 0 spiro atoms. The summed E-state index contributed by atoms with van der Waals surface area (Å²) in [6, 6.07) is 13.7. The first kappa shape index (κ1) is 17.3. The molecule has 2 aromatic rings. The van der Waals surface area contributed by atoms with Crippen molar-refractivity contribution in [2.75, 3.05) is 13.2 Å². The number of rotatable bonds is 7. The van der Waals surface area contributed by atoms with Gasteiger partial charge in [0.1, 0.15) is 29.7 Å². The van der Waals surface area contributed by atoms with E-state index in [1.165, 1.54) is 11.1 Å². The van der Waals surface area contributed by atoms with Crippen molar-refractivity contribution in [3.63, 3.8) is 0 Å². The Morgan fingerprint density at radius 3 is 2.43 bits per heavy atom. The molecule has 4 heteroatoms. The fourth-order valence-electron chi connectivity index (χ4n) is 2.49. The van der Waals surface area contributed by atoms with Gasteiger partial charge in [0.15, 0.2) is 0 Å². The van der Waals surface area contributed by atoms with Crippen LogP contribution in [0.2, 0.25) is 0 Å². The summed E-state index contributed by atoms with van der Waals surface area (Å²) in [6.45, 7) is 7.39. The lowest BCUT2D eigenvalue weighted by atomic mass is 9.98. The van der Waals surface area contributed by atoms with Crippen LogP contribution in [-0.4, -0.2) is 18.2 Å². The summed E-state index contributed by atoms with van der Waals surface area (Å²) >= 11 is 5.02. The predicted octanol–water partition coefficient (Wildman–Crippen LogP) is 4.21. The fourth-order valence-corrected chi connectivity index (χ4v) is 2.66. The largest absolute Gasteiger partial charge is 0.490 e. The number of aryl methyl sites for hydroxylation is 1. The molecule has 2 N–H and O–H groups in total. The number of hydrogen-bond acceptors (Lipinski definition) is 3. The van der Waals surface area contributed by atoms with Crippen LogP contribution < -0.4 is 15.2 Å². The minimum atomic E-state index is 0.335. The first-order valence-electron chi connectivity index (χ1n) is 7.74. The van der Waals surface area contributed by atoms with Crippen LogP contribution in [0.25, 0.3) is 0 Å². The monoisotopic (exact) mass is 329 g/mol. The second kappa shape index (κ2) is 7.97. The molecule has 0 saturated heterocycles. The van der Waals surface area contributed by atoms with Gasteiger partial charge >= 0.3 is 0 Å². The molecule has 0 unspecified atom stereocenters. The molecule has 0 heterocycles. The maximum Gasteiger partial charge on any atom is 0.129 e. The van der Waals surface area contributed by atoms with Crippen molar-refractivity contribution in [3.8, 4) is 11.5 Å². The van der Waals surface area contributed by atoms with E-state index in [2.05, 4.69) is 32.9 Å². The maximum absolute atomic E-state index is 5.75. The molecule has 0 aliphatic carbocycles. The number of benzene rings is 2. The average Bonchev–Trinajstić information content (AvgIpc) is 2.51. The molecule has 0 aliphatic heterocycles. The van der Waals surface area contributed by atoms with E-state index < -0.39 is 0 Å². The van der Waals surface area contributed by atoms with E-state index in [-0.39, 0.29) is 0 Å². The Labute approximate surface area is 143 Å². The van der Waals surface area contributed by atoms with Gasteiger partial charge in [-0.05, 0) is 48.2 Å². The summed E-state index contributed by atoms with van der Waals surface area (Å²) < 4.78 is 11.5. The van der Waals surface area contributed by atoms with Crippen LogP contribution in [0.4, 0.5) is 0 Å². The van der Waals surface area contributed by atoms with Crippen LogP contribution in [-0.2, 0) is 0 Å². The van der Waals surface area contributed by atoms with Crippen molar-refractivity contribution in [2.24, 2.45) is 5.73 Å². The highest BCUT2D eigenvalue weighted by molar-refractivity contribution is 7.80. The summed E-state index contributed by atoms with van der Waals surface area (Å²) in [6.07, 6.45) is 0. The van der Waals surface area contributed by atoms with Crippen molar-refractivity contribution in [1.29, 1.82) is 0 Å². The van der Waals surface area contributed by atoms with E-state index in [0.29, 0.717) is 29.9 Å². The lowest BCUT2D eigenvalue weighted by molar-refractivity contribution is 0.217. The van der Waals surface area contributed by atoms with Crippen LogP contribution >= 0.6 is 12.2 Å². The van der Waals surface area contributed by atoms with Crippen molar-refractivity contribution in [1.82, 2.24) is 0 Å². The number of ether oxygens (including phenoxy) is 2. The van der Waals surface area contributed by atoms with Crippen molar-refractivity contribution >= 4 is 17.2 Å². The third-order valence-corrected chi connectivity index (χ3v) is 3.85. The molecule has 0 amide bonds. The van der Waals surface area contributed by atoms with Gasteiger partial charge in [-0.3, -0.25) is 0 Å². The smallest absolute Gasteiger partial charge is 0.129 e. The Kier molecular flexibility index (Phi) is 5.99. The molecule has 0 bridgehead atoms. The SMILES string of the molecule is Cc1cc(OCCOc2ccccc2C(N)=S)ccc1C(C)C. The summed E-state index contributed by atoms with van der Waals surface area (Å²) in [7, 11) is 0.